The highest BCUT2D eigenvalue weighted by Crippen LogP contribution is 2.22. The van der Waals surface area contributed by atoms with Crippen LogP contribution in [0.4, 0.5) is 5.82 Å². The Morgan fingerprint density at radius 1 is 0.929 bits per heavy atom. The van der Waals surface area contributed by atoms with Gasteiger partial charge in [-0.25, -0.2) is 9.78 Å². The number of piperazine rings is 1. The molecule has 28 heavy (non-hydrogen) atoms. The lowest BCUT2D eigenvalue weighted by atomic mass is 10.1. The summed E-state index contributed by atoms with van der Waals surface area (Å²) >= 11 is 0. The molecule has 1 aliphatic heterocycles. The summed E-state index contributed by atoms with van der Waals surface area (Å²) in [6.07, 6.45) is 3.29. The Morgan fingerprint density at radius 2 is 1.64 bits per heavy atom. The second kappa shape index (κ2) is 7.56. The summed E-state index contributed by atoms with van der Waals surface area (Å²) in [4.78, 5) is 31.8. The van der Waals surface area contributed by atoms with Gasteiger partial charge < -0.3 is 19.3 Å². The van der Waals surface area contributed by atoms with Gasteiger partial charge in [-0.2, -0.15) is 0 Å². The molecule has 0 unspecified atom stereocenters. The van der Waals surface area contributed by atoms with E-state index in [0.29, 0.717) is 31.9 Å². The fourth-order valence-corrected chi connectivity index (χ4v) is 3.24. The van der Waals surface area contributed by atoms with Gasteiger partial charge in [-0.3, -0.25) is 4.79 Å². The van der Waals surface area contributed by atoms with Gasteiger partial charge in [0.25, 0.3) is 5.91 Å². The highest BCUT2D eigenvalue weighted by molar-refractivity contribution is 5.91. The number of nitrogens with zero attached hydrogens (tertiary/aromatic N) is 3. The number of carbonyl (C=O) groups is 2. The topological polar surface area (TPSA) is 86.9 Å². The SMILES string of the molecule is O=C(O)c1ccc(-c2ccc(N3CCN(C(=O)c4ccco4)CC3)nc2)cc1. The summed E-state index contributed by atoms with van der Waals surface area (Å²) in [5, 5.41) is 8.99. The van der Waals surface area contributed by atoms with Crippen LogP contribution in [0.1, 0.15) is 20.9 Å². The average molecular weight is 377 g/mol. The van der Waals surface area contributed by atoms with Crippen molar-refractivity contribution >= 4 is 17.7 Å². The van der Waals surface area contributed by atoms with Gasteiger partial charge in [-0.15, -0.1) is 0 Å². The van der Waals surface area contributed by atoms with Crippen LogP contribution >= 0.6 is 0 Å². The van der Waals surface area contributed by atoms with Crippen LogP contribution in [0.5, 0.6) is 0 Å². The number of benzene rings is 1. The number of anilines is 1. The van der Waals surface area contributed by atoms with Crippen LogP contribution in [0.25, 0.3) is 11.1 Å². The molecule has 0 atom stereocenters. The van der Waals surface area contributed by atoms with Gasteiger partial charge in [0.1, 0.15) is 5.82 Å². The quantitative estimate of drug-likeness (QED) is 0.752. The summed E-state index contributed by atoms with van der Waals surface area (Å²) < 4.78 is 5.19. The zero-order chi connectivity index (χ0) is 19.5. The average Bonchev–Trinajstić information content (AvgIpc) is 3.28. The van der Waals surface area contributed by atoms with Gasteiger partial charge in [0.15, 0.2) is 5.76 Å². The molecule has 1 amide bonds. The predicted molar refractivity (Wildman–Crippen MR) is 103 cm³/mol. The highest BCUT2D eigenvalue weighted by Gasteiger charge is 2.24. The lowest BCUT2D eigenvalue weighted by Gasteiger charge is -2.35. The molecule has 1 fully saturated rings. The Bertz CT molecular complexity index is 958. The van der Waals surface area contributed by atoms with Gasteiger partial charge in [-0.05, 0) is 42.0 Å². The van der Waals surface area contributed by atoms with Crippen molar-refractivity contribution < 1.29 is 19.1 Å². The van der Waals surface area contributed by atoms with Crippen molar-refractivity contribution in [1.29, 1.82) is 0 Å². The van der Waals surface area contributed by atoms with Gasteiger partial charge in [0.05, 0.1) is 11.8 Å². The number of carbonyl (C=O) groups excluding carboxylic acids is 1. The molecule has 142 valence electrons. The van der Waals surface area contributed by atoms with Gasteiger partial charge in [0.2, 0.25) is 0 Å². The molecule has 1 saturated heterocycles. The van der Waals surface area contributed by atoms with Crippen LogP contribution in [0, 0.1) is 0 Å². The van der Waals surface area contributed by atoms with E-state index < -0.39 is 5.97 Å². The van der Waals surface area contributed by atoms with Crippen LogP contribution in [0.15, 0.2) is 65.4 Å². The molecule has 1 aliphatic rings. The molecule has 0 radical (unpaired) electrons. The maximum absolute atomic E-state index is 12.3. The van der Waals surface area contributed by atoms with Crippen LogP contribution in [-0.2, 0) is 0 Å². The minimum absolute atomic E-state index is 0.0854. The summed E-state index contributed by atoms with van der Waals surface area (Å²) in [6, 6.07) is 14.0. The van der Waals surface area contributed by atoms with Crippen LogP contribution < -0.4 is 4.90 Å². The number of aromatic nitrogens is 1. The number of hydrogen-bond donors (Lipinski definition) is 1. The van der Waals surface area contributed by atoms with Crippen molar-refractivity contribution in [3.63, 3.8) is 0 Å². The fraction of sp³-hybridized carbons (Fsp3) is 0.190. The summed E-state index contributed by atoms with van der Waals surface area (Å²) in [6.45, 7) is 2.62. The fourth-order valence-electron chi connectivity index (χ4n) is 3.24. The van der Waals surface area contributed by atoms with Crippen LogP contribution in [0.3, 0.4) is 0 Å². The van der Waals surface area contributed by atoms with Crippen LogP contribution in [0.2, 0.25) is 0 Å². The smallest absolute Gasteiger partial charge is 0.335 e. The third-order valence-electron chi connectivity index (χ3n) is 4.84. The van der Waals surface area contributed by atoms with Crippen molar-refractivity contribution in [3.8, 4) is 11.1 Å². The molecule has 4 rings (SSSR count). The van der Waals surface area contributed by atoms with Crippen molar-refractivity contribution in [1.82, 2.24) is 9.88 Å². The normalized spacial score (nSPS) is 14.1. The van der Waals surface area contributed by atoms with Crippen molar-refractivity contribution in [2.75, 3.05) is 31.1 Å². The first-order valence-corrected chi connectivity index (χ1v) is 8.99. The molecule has 0 spiro atoms. The van der Waals surface area contributed by atoms with E-state index in [2.05, 4.69) is 9.88 Å². The maximum atomic E-state index is 12.3. The minimum atomic E-state index is -0.940. The first kappa shape index (κ1) is 17.8. The first-order valence-electron chi connectivity index (χ1n) is 8.99. The largest absolute Gasteiger partial charge is 0.478 e. The number of carboxylic acids is 1. The van der Waals surface area contributed by atoms with E-state index in [1.807, 2.05) is 12.1 Å². The van der Waals surface area contributed by atoms with Crippen molar-refractivity contribution in [2.24, 2.45) is 0 Å². The molecule has 7 heteroatoms. The molecule has 7 nitrogen and oxygen atoms in total. The maximum Gasteiger partial charge on any atom is 0.335 e. The molecular weight excluding hydrogens is 358 g/mol. The standard InChI is InChI=1S/C21H19N3O4/c25-20(18-2-1-13-28-18)24-11-9-23(10-12-24)19-8-7-17(14-22-19)15-3-5-16(6-4-15)21(26)27/h1-8,13-14H,9-12H2,(H,26,27). The lowest BCUT2D eigenvalue weighted by Crippen LogP contribution is -2.49. The molecule has 0 bridgehead atoms. The molecule has 3 aromatic rings. The Kier molecular flexibility index (Phi) is 4.80. The number of carboxylic acid groups (broad SMARTS) is 1. The van der Waals surface area contributed by atoms with Crippen molar-refractivity contribution in [3.05, 3.63) is 72.3 Å². The first-order chi connectivity index (χ1) is 13.6. The van der Waals surface area contributed by atoms with E-state index in [1.54, 1.807) is 47.5 Å². The Balaban J connectivity index is 1.39. The van der Waals surface area contributed by atoms with E-state index in [9.17, 15) is 9.59 Å². The lowest BCUT2D eigenvalue weighted by molar-refractivity contribution is 0.0693. The number of hydrogen-bond acceptors (Lipinski definition) is 5. The molecule has 1 N–H and O–H groups in total. The summed E-state index contributed by atoms with van der Waals surface area (Å²) in [5.41, 5.74) is 2.10. The zero-order valence-corrected chi connectivity index (χ0v) is 15.1. The van der Waals surface area contributed by atoms with Crippen LogP contribution in [-0.4, -0.2) is 53.0 Å². The van der Waals surface area contributed by atoms with E-state index in [0.717, 1.165) is 16.9 Å². The number of amides is 1. The monoisotopic (exact) mass is 377 g/mol. The van der Waals surface area contributed by atoms with E-state index in [-0.39, 0.29) is 11.5 Å². The predicted octanol–water partition coefficient (Wildman–Crippen LogP) is 3.00. The Morgan fingerprint density at radius 3 is 2.21 bits per heavy atom. The van der Waals surface area contributed by atoms with Gasteiger partial charge >= 0.3 is 5.97 Å². The third-order valence-corrected chi connectivity index (χ3v) is 4.84. The third kappa shape index (κ3) is 3.59. The molecule has 0 saturated carbocycles. The molecular formula is C21H19N3O4. The highest BCUT2D eigenvalue weighted by atomic mass is 16.4. The molecule has 3 heterocycles. The van der Waals surface area contributed by atoms with Gasteiger partial charge in [0, 0.05) is 37.9 Å². The number of pyridine rings is 1. The number of aromatic carboxylic acids is 1. The van der Waals surface area contributed by atoms with E-state index in [1.165, 1.54) is 6.26 Å². The molecule has 1 aromatic carbocycles. The summed E-state index contributed by atoms with van der Waals surface area (Å²) in [5.74, 6) is 0.198. The molecule has 0 aliphatic carbocycles. The van der Waals surface area contributed by atoms with Crippen molar-refractivity contribution in [2.45, 2.75) is 0 Å². The van der Waals surface area contributed by atoms with E-state index in [4.69, 9.17) is 9.52 Å². The summed E-state index contributed by atoms with van der Waals surface area (Å²) in [7, 11) is 0. The van der Waals surface area contributed by atoms with Gasteiger partial charge in [-0.1, -0.05) is 12.1 Å². The number of furan rings is 1. The number of rotatable bonds is 4. The Hall–Kier alpha value is -3.61. The van der Waals surface area contributed by atoms with E-state index >= 15 is 0 Å². The Labute approximate surface area is 161 Å². The minimum Gasteiger partial charge on any atom is -0.478 e. The second-order valence-corrected chi connectivity index (χ2v) is 6.54. The second-order valence-electron chi connectivity index (χ2n) is 6.54. The zero-order valence-electron chi connectivity index (χ0n) is 15.1. The molecule has 2 aromatic heterocycles.